The van der Waals surface area contributed by atoms with Gasteiger partial charge in [-0.1, -0.05) is 12.1 Å². The average molecular weight is 388 g/mol. The molecule has 0 saturated carbocycles. The highest BCUT2D eigenvalue weighted by Crippen LogP contribution is 2.31. The minimum atomic E-state index is -4.89. The molecule has 146 valence electrons. The fourth-order valence-electron chi connectivity index (χ4n) is 2.01. The highest BCUT2D eigenvalue weighted by Gasteiger charge is 2.32. The van der Waals surface area contributed by atoms with Gasteiger partial charge in [0.05, 0.1) is 6.04 Å². The van der Waals surface area contributed by atoms with Crippen LogP contribution in [0.2, 0.25) is 0 Å². The zero-order chi connectivity index (χ0) is 20.2. The Morgan fingerprint density at radius 3 is 2.48 bits per heavy atom. The lowest BCUT2D eigenvalue weighted by Crippen LogP contribution is -2.40. The van der Waals surface area contributed by atoms with Gasteiger partial charge in [0.1, 0.15) is 18.0 Å². The first-order valence-electron chi connectivity index (χ1n) is 7.47. The van der Waals surface area contributed by atoms with Crippen molar-refractivity contribution >= 4 is 11.6 Å². The Balaban J connectivity index is 2.03. The van der Waals surface area contributed by atoms with Gasteiger partial charge in [0.15, 0.2) is 11.5 Å². The molecular formula is C15H15F3N4O5. The maximum Gasteiger partial charge on any atom is 0.573 e. The van der Waals surface area contributed by atoms with Crippen molar-refractivity contribution in [3.05, 3.63) is 50.8 Å². The third-order valence-corrected chi connectivity index (χ3v) is 3.15. The Hall–Kier alpha value is -3.44. The summed E-state index contributed by atoms with van der Waals surface area (Å²) < 4.78 is 46.2. The zero-order valence-electron chi connectivity index (χ0n) is 13.8. The molecule has 1 aromatic carbocycles. The van der Waals surface area contributed by atoms with E-state index in [1.807, 2.05) is 4.98 Å². The molecule has 2 rings (SSSR count). The minimum Gasteiger partial charge on any atom is -0.488 e. The van der Waals surface area contributed by atoms with Gasteiger partial charge < -0.3 is 25.5 Å². The standard InChI is InChI=1S/C15H15F3N4O5/c1-7(20-13(24)11-10(19)12(23)22-14(25)21-11)6-26-8-4-2-3-5-9(8)27-15(16,17)18/h2-5,7H,6,19H2,1H3,(H,20,24)(H2,21,22,23,25)/t7-/m1/s1. The Labute approximate surface area is 149 Å². The molecule has 1 atom stereocenters. The number of halogens is 3. The molecule has 27 heavy (non-hydrogen) atoms. The van der Waals surface area contributed by atoms with E-state index in [4.69, 9.17) is 10.5 Å². The number of alkyl halides is 3. The van der Waals surface area contributed by atoms with E-state index in [9.17, 15) is 27.6 Å². The first-order valence-corrected chi connectivity index (χ1v) is 7.47. The van der Waals surface area contributed by atoms with E-state index in [-0.39, 0.29) is 12.4 Å². The van der Waals surface area contributed by atoms with E-state index >= 15 is 0 Å². The molecule has 0 radical (unpaired) electrons. The quantitative estimate of drug-likeness (QED) is 0.576. The number of ether oxygens (including phenoxy) is 2. The van der Waals surface area contributed by atoms with Crippen LogP contribution in [-0.2, 0) is 0 Å². The third kappa shape index (κ3) is 5.52. The van der Waals surface area contributed by atoms with Crippen molar-refractivity contribution < 1.29 is 27.4 Å². The van der Waals surface area contributed by atoms with E-state index in [2.05, 4.69) is 15.0 Å². The number of hydrogen-bond donors (Lipinski definition) is 4. The number of nitrogens with two attached hydrogens (primary N) is 1. The molecule has 9 nitrogen and oxygen atoms in total. The Morgan fingerprint density at radius 1 is 1.22 bits per heavy atom. The molecule has 0 saturated heterocycles. The summed E-state index contributed by atoms with van der Waals surface area (Å²) in [6, 6.07) is 4.42. The molecule has 12 heteroatoms. The molecule has 0 fully saturated rings. The van der Waals surface area contributed by atoms with Gasteiger partial charge in [-0.25, -0.2) is 4.79 Å². The number of carbonyl (C=O) groups is 1. The molecule has 0 spiro atoms. The van der Waals surface area contributed by atoms with Crippen LogP contribution in [0.15, 0.2) is 33.9 Å². The lowest BCUT2D eigenvalue weighted by Gasteiger charge is -2.17. The van der Waals surface area contributed by atoms with Gasteiger partial charge in [-0.3, -0.25) is 14.6 Å². The monoisotopic (exact) mass is 388 g/mol. The number of H-pyrrole nitrogens is 2. The van der Waals surface area contributed by atoms with E-state index in [1.54, 1.807) is 0 Å². The number of hydrogen-bond acceptors (Lipinski definition) is 6. The number of nitrogens with one attached hydrogen (secondary N) is 3. The average Bonchev–Trinajstić information content (AvgIpc) is 2.55. The predicted octanol–water partition coefficient (Wildman–Crippen LogP) is 0.741. The molecule has 0 aliphatic carbocycles. The summed E-state index contributed by atoms with van der Waals surface area (Å²) in [7, 11) is 0. The van der Waals surface area contributed by atoms with Crippen molar-refractivity contribution in [2.75, 3.05) is 12.3 Å². The molecule has 5 N–H and O–H groups in total. The topological polar surface area (TPSA) is 139 Å². The summed E-state index contributed by atoms with van der Waals surface area (Å²) in [6.07, 6.45) is -4.89. The van der Waals surface area contributed by atoms with Crippen molar-refractivity contribution in [1.29, 1.82) is 0 Å². The number of anilines is 1. The summed E-state index contributed by atoms with van der Waals surface area (Å²) >= 11 is 0. The molecule has 1 amide bonds. The van der Waals surface area contributed by atoms with Crippen LogP contribution in [0.3, 0.4) is 0 Å². The number of rotatable bonds is 6. The van der Waals surface area contributed by atoms with Gasteiger partial charge >= 0.3 is 12.1 Å². The van der Waals surface area contributed by atoms with Crippen LogP contribution in [0.5, 0.6) is 11.5 Å². The minimum absolute atomic E-state index is 0.181. The molecule has 0 aliphatic heterocycles. The van der Waals surface area contributed by atoms with Crippen molar-refractivity contribution in [2.45, 2.75) is 19.3 Å². The number of benzene rings is 1. The van der Waals surface area contributed by atoms with Crippen molar-refractivity contribution in [3.8, 4) is 11.5 Å². The number of amides is 1. The van der Waals surface area contributed by atoms with Crippen molar-refractivity contribution in [3.63, 3.8) is 0 Å². The zero-order valence-corrected chi connectivity index (χ0v) is 13.8. The van der Waals surface area contributed by atoms with Crippen LogP contribution in [0.4, 0.5) is 18.9 Å². The molecule has 0 aliphatic rings. The summed E-state index contributed by atoms with van der Waals surface area (Å²) in [5.41, 5.74) is 2.69. The van der Waals surface area contributed by atoms with Gasteiger partial charge in [0.2, 0.25) is 0 Å². The second-order valence-corrected chi connectivity index (χ2v) is 5.38. The van der Waals surface area contributed by atoms with Crippen molar-refractivity contribution in [2.24, 2.45) is 0 Å². The largest absolute Gasteiger partial charge is 0.573 e. The Kier molecular flexibility index (Phi) is 5.78. The molecule has 0 bridgehead atoms. The third-order valence-electron chi connectivity index (χ3n) is 3.15. The fourth-order valence-corrected chi connectivity index (χ4v) is 2.01. The van der Waals surface area contributed by atoms with Gasteiger partial charge in [0, 0.05) is 0 Å². The normalized spacial score (nSPS) is 12.3. The SMILES string of the molecule is C[C@H](COc1ccccc1OC(F)(F)F)NC(=O)c1[nH]c(=O)[nH]c(=O)c1N. The predicted molar refractivity (Wildman–Crippen MR) is 87.6 cm³/mol. The lowest BCUT2D eigenvalue weighted by molar-refractivity contribution is -0.275. The summed E-state index contributed by atoms with van der Waals surface area (Å²) in [5, 5.41) is 2.40. The van der Waals surface area contributed by atoms with E-state index in [0.717, 1.165) is 6.07 Å². The van der Waals surface area contributed by atoms with Crippen LogP contribution in [0.1, 0.15) is 17.4 Å². The van der Waals surface area contributed by atoms with Gasteiger partial charge in [-0.15, -0.1) is 13.2 Å². The second kappa shape index (κ2) is 7.85. The van der Waals surface area contributed by atoms with Crippen LogP contribution < -0.4 is 31.8 Å². The smallest absolute Gasteiger partial charge is 0.488 e. The van der Waals surface area contributed by atoms with Crippen LogP contribution in [0.25, 0.3) is 0 Å². The molecule has 0 unspecified atom stereocenters. The van der Waals surface area contributed by atoms with Gasteiger partial charge in [0.25, 0.3) is 11.5 Å². The highest BCUT2D eigenvalue weighted by atomic mass is 19.4. The summed E-state index contributed by atoms with van der Waals surface area (Å²) in [5.74, 6) is -1.57. The van der Waals surface area contributed by atoms with Gasteiger partial charge in [-0.05, 0) is 19.1 Å². The first kappa shape index (κ1) is 19.9. The Morgan fingerprint density at radius 2 is 1.85 bits per heavy atom. The van der Waals surface area contributed by atoms with Crippen LogP contribution >= 0.6 is 0 Å². The van der Waals surface area contributed by atoms with Crippen LogP contribution in [0, 0.1) is 0 Å². The molecule has 2 aromatic rings. The van der Waals surface area contributed by atoms with Crippen molar-refractivity contribution in [1.82, 2.24) is 15.3 Å². The number of aromatic nitrogens is 2. The maximum atomic E-state index is 12.4. The number of para-hydroxylation sites is 2. The Bertz CT molecular complexity index is 938. The summed E-state index contributed by atoms with van der Waals surface area (Å²) in [6.45, 7) is 1.27. The molecule has 1 heterocycles. The first-order chi connectivity index (χ1) is 12.6. The van der Waals surface area contributed by atoms with E-state index < -0.39 is 46.7 Å². The van der Waals surface area contributed by atoms with Crippen LogP contribution in [-0.4, -0.2) is 34.9 Å². The lowest BCUT2D eigenvalue weighted by atomic mass is 10.3. The second-order valence-electron chi connectivity index (χ2n) is 5.38. The maximum absolute atomic E-state index is 12.4. The van der Waals surface area contributed by atoms with Gasteiger partial charge in [-0.2, -0.15) is 0 Å². The number of nitrogen functional groups attached to an aromatic ring is 1. The summed E-state index contributed by atoms with van der Waals surface area (Å²) in [4.78, 5) is 38.7. The van der Waals surface area contributed by atoms with E-state index in [1.165, 1.54) is 25.1 Å². The molecular weight excluding hydrogens is 373 g/mol. The number of carbonyl (C=O) groups excluding carboxylic acids is 1. The number of aromatic amines is 2. The molecule has 1 aromatic heterocycles. The highest BCUT2D eigenvalue weighted by molar-refractivity contribution is 5.96. The fraction of sp³-hybridized carbons (Fsp3) is 0.267. The van der Waals surface area contributed by atoms with E-state index in [0.29, 0.717) is 0 Å².